The standard InChI is InChI=1S/C15H16FNO2S2/c1-11-6-9-15(20-11)21(18,19)17(13-7-8-13)10-12-4-2-3-5-14(12)16/h2-6,9,13H,7-8,10H2,1H3. The molecule has 0 bridgehead atoms. The lowest BCUT2D eigenvalue weighted by Crippen LogP contribution is -2.32. The summed E-state index contributed by atoms with van der Waals surface area (Å²) in [7, 11) is -3.55. The van der Waals surface area contributed by atoms with Gasteiger partial charge in [-0.3, -0.25) is 0 Å². The van der Waals surface area contributed by atoms with E-state index in [0.29, 0.717) is 9.77 Å². The number of sulfonamides is 1. The molecular weight excluding hydrogens is 309 g/mol. The van der Waals surface area contributed by atoms with Gasteiger partial charge in [0.2, 0.25) is 0 Å². The average Bonchev–Trinajstić information content (AvgIpc) is 3.18. The normalized spacial score (nSPS) is 15.6. The maximum Gasteiger partial charge on any atom is 0.253 e. The van der Waals surface area contributed by atoms with E-state index in [1.807, 2.05) is 6.92 Å². The van der Waals surface area contributed by atoms with Gasteiger partial charge < -0.3 is 0 Å². The lowest BCUT2D eigenvalue weighted by atomic mass is 10.2. The number of thiophene rings is 1. The molecule has 0 unspecified atom stereocenters. The summed E-state index contributed by atoms with van der Waals surface area (Å²) in [6, 6.07) is 9.76. The van der Waals surface area contributed by atoms with E-state index in [-0.39, 0.29) is 18.4 Å². The summed E-state index contributed by atoms with van der Waals surface area (Å²) >= 11 is 1.26. The van der Waals surface area contributed by atoms with Crippen LogP contribution in [0.1, 0.15) is 23.3 Å². The molecule has 1 heterocycles. The molecule has 1 aliphatic rings. The summed E-state index contributed by atoms with van der Waals surface area (Å²) in [6.45, 7) is 1.97. The highest BCUT2D eigenvalue weighted by atomic mass is 32.2. The van der Waals surface area contributed by atoms with Crippen LogP contribution in [-0.4, -0.2) is 18.8 Å². The zero-order valence-electron chi connectivity index (χ0n) is 11.6. The van der Waals surface area contributed by atoms with E-state index in [2.05, 4.69) is 0 Å². The maximum atomic E-state index is 13.8. The van der Waals surface area contributed by atoms with E-state index in [1.54, 1.807) is 30.3 Å². The van der Waals surface area contributed by atoms with Crippen LogP contribution in [0, 0.1) is 12.7 Å². The highest BCUT2D eigenvalue weighted by Gasteiger charge is 2.39. The first-order chi connectivity index (χ1) is 9.98. The van der Waals surface area contributed by atoms with Crippen molar-refractivity contribution in [3.8, 4) is 0 Å². The summed E-state index contributed by atoms with van der Waals surface area (Å²) in [5, 5.41) is 0. The number of nitrogens with zero attached hydrogens (tertiary/aromatic N) is 1. The second-order valence-corrected chi connectivity index (χ2v) is 8.64. The van der Waals surface area contributed by atoms with E-state index in [9.17, 15) is 12.8 Å². The quantitative estimate of drug-likeness (QED) is 0.843. The van der Waals surface area contributed by atoms with Gasteiger partial charge in [0.15, 0.2) is 0 Å². The Kier molecular flexibility index (Phi) is 3.86. The molecule has 1 aromatic heterocycles. The molecule has 1 aliphatic carbocycles. The minimum atomic E-state index is -3.55. The third-order valence-electron chi connectivity index (χ3n) is 3.52. The first-order valence-electron chi connectivity index (χ1n) is 6.80. The molecule has 21 heavy (non-hydrogen) atoms. The molecule has 0 aliphatic heterocycles. The minimum absolute atomic E-state index is 0.00277. The number of halogens is 1. The van der Waals surface area contributed by atoms with E-state index in [0.717, 1.165) is 17.7 Å². The average molecular weight is 325 g/mol. The van der Waals surface area contributed by atoms with Crippen LogP contribution in [-0.2, 0) is 16.6 Å². The molecule has 1 aromatic carbocycles. The first kappa shape index (κ1) is 14.7. The van der Waals surface area contributed by atoms with Gasteiger partial charge in [-0.1, -0.05) is 18.2 Å². The van der Waals surface area contributed by atoms with Crippen LogP contribution >= 0.6 is 11.3 Å². The zero-order chi connectivity index (χ0) is 15.0. The molecule has 0 atom stereocenters. The molecule has 1 fully saturated rings. The Morgan fingerprint density at radius 2 is 1.95 bits per heavy atom. The minimum Gasteiger partial charge on any atom is -0.207 e. The second kappa shape index (κ2) is 5.51. The van der Waals surface area contributed by atoms with Crippen LogP contribution in [0.2, 0.25) is 0 Å². The molecule has 3 rings (SSSR count). The van der Waals surface area contributed by atoms with Gasteiger partial charge in [-0.15, -0.1) is 11.3 Å². The van der Waals surface area contributed by atoms with Crippen LogP contribution in [0.25, 0.3) is 0 Å². The van der Waals surface area contributed by atoms with Gasteiger partial charge in [-0.05, 0) is 38.0 Å². The molecule has 0 amide bonds. The van der Waals surface area contributed by atoms with Gasteiger partial charge in [0.05, 0.1) is 0 Å². The van der Waals surface area contributed by atoms with Crippen LogP contribution in [0.5, 0.6) is 0 Å². The Hall–Kier alpha value is -1.24. The first-order valence-corrected chi connectivity index (χ1v) is 9.06. The van der Waals surface area contributed by atoms with Gasteiger partial charge in [-0.2, -0.15) is 4.31 Å². The van der Waals surface area contributed by atoms with Crippen LogP contribution in [0.4, 0.5) is 4.39 Å². The summed E-state index contributed by atoms with van der Waals surface area (Å²) in [5.41, 5.74) is 0.418. The molecule has 0 N–H and O–H groups in total. The number of hydrogen-bond donors (Lipinski definition) is 0. The monoisotopic (exact) mass is 325 g/mol. The Morgan fingerprint density at radius 3 is 2.52 bits per heavy atom. The van der Waals surface area contributed by atoms with E-state index >= 15 is 0 Å². The predicted molar refractivity (Wildman–Crippen MR) is 81.2 cm³/mol. The lowest BCUT2D eigenvalue weighted by Gasteiger charge is -2.21. The topological polar surface area (TPSA) is 37.4 Å². The summed E-state index contributed by atoms with van der Waals surface area (Å²) in [6.07, 6.45) is 1.69. The third kappa shape index (κ3) is 3.02. The summed E-state index contributed by atoms with van der Waals surface area (Å²) < 4.78 is 41.1. The molecule has 6 heteroatoms. The number of benzene rings is 1. The Balaban J connectivity index is 1.94. The highest BCUT2D eigenvalue weighted by molar-refractivity contribution is 7.91. The van der Waals surface area contributed by atoms with Crippen molar-refractivity contribution in [1.29, 1.82) is 0 Å². The van der Waals surface area contributed by atoms with Crippen molar-refractivity contribution in [3.05, 3.63) is 52.7 Å². The van der Waals surface area contributed by atoms with Crippen molar-refractivity contribution in [2.24, 2.45) is 0 Å². The Morgan fingerprint density at radius 1 is 1.24 bits per heavy atom. The number of aryl methyl sites for hydroxylation is 1. The second-order valence-electron chi connectivity index (χ2n) is 5.24. The predicted octanol–water partition coefficient (Wildman–Crippen LogP) is 3.55. The molecule has 112 valence electrons. The molecular formula is C15H16FNO2S2. The maximum absolute atomic E-state index is 13.8. The number of hydrogen-bond acceptors (Lipinski definition) is 3. The lowest BCUT2D eigenvalue weighted by molar-refractivity contribution is 0.392. The van der Waals surface area contributed by atoms with Crippen molar-refractivity contribution >= 4 is 21.4 Å². The van der Waals surface area contributed by atoms with Gasteiger partial charge in [0, 0.05) is 23.0 Å². The van der Waals surface area contributed by atoms with Gasteiger partial charge in [-0.25, -0.2) is 12.8 Å². The fourth-order valence-electron chi connectivity index (χ4n) is 2.23. The van der Waals surface area contributed by atoms with Crippen molar-refractivity contribution in [1.82, 2.24) is 4.31 Å². The zero-order valence-corrected chi connectivity index (χ0v) is 13.3. The molecule has 0 spiro atoms. The largest absolute Gasteiger partial charge is 0.253 e. The molecule has 3 nitrogen and oxygen atoms in total. The SMILES string of the molecule is Cc1ccc(S(=O)(=O)N(Cc2ccccc2F)C2CC2)s1. The molecule has 0 saturated heterocycles. The Labute approximate surface area is 128 Å². The van der Waals surface area contributed by atoms with Gasteiger partial charge in [0.1, 0.15) is 10.0 Å². The molecule has 2 aromatic rings. The fourth-order valence-corrected chi connectivity index (χ4v) is 5.31. The van der Waals surface area contributed by atoms with Crippen LogP contribution < -0.4 is 0 Å². The van der Waals surface area contributed by atoms with Gasteiger partial charge in [0.25, 0.3) is 10.0 Å². The van der Waals surface area contributed by atoms with Crippen molar-refractivity contribution < 1.29 is 12.8 Å². The molecule has 1 saturated carbocycles. The number of rotatable bonds is 5. The smallest absolute Gasteiger partial charge is 0.207 e. The van der Waals surface area contributed by atoms with Crippen molar-refractivity contribution in [3.63, 3.8) is 0 Å². The van der Waals surface area contributed by atoms with E-state index < -0.39 is 10.0 Å². The fraction of sp³-hybridized carbons (Fsp3) is 0.333. The summed E-state index contributed by atoms with van der Waals surface area (Å²) in [4.78, 5) is 0.954. The highest BCUT2D eigenvalue weighted by Crippen LogP contribution is 2.35. The van der Waals surface area contributed by atoms with E-state index in [4.69, 9.17) is 0 Å². The van der Waals surface area contributed by atoms with E-state index in [1.165, 1.54) is 21.7 Å². The summed E-state index contributed by atoms with van der Waals surface area (Å²) in [5.74, 6) is -0.360. The molecule has 0 radical (unpaired) electrons. The third-order valence-corrected chi connectivity index (χ3v) is 6.88. The van der Waals surface area contributed by atoms with Crippen LogP contribution in [0.3, 0.4) is 0 Å². The van der Waals surface area contributed by atoms with Crippen molar-refractivity contribution in [2.75, 3.05) is 0 Å². The van der Waals surface area contributed by atoms with Crippen molar-refractivity contribution in [2.45, 2.75) is 36.6 Å². The van der Waals surface area contributed by atoms with Gasteiger partial charge >= 0.3 is 0 Å². The van der Waals surface area contributed by atoms with Crippen LogP contribution in [0.15, 0.2) is 40.6 Å². The Bertz CT molecular complexity index is 751.